The molecule has 2 rings (SSSR count). The number of hydrogen-bond donors (Lipinski definition) is 1. The van der Waals surface area contributed by atoms with Crippen LogP contribution in [0.1, 0.15) is 11.1 Å². The predicted molar refractivity (Wildman–Crippen MR) is 84.9 cm³/mol. The number of carbonyl (C=O) groups excluding carboxylic acids is 1. The Labute approximate surface area is 127 Å². The van der Waals surface area contributed by atoms with Gasteiger partial charge < -0.3 is 10.6 Å². The van der Waals surface area contributed by atoms with Crippen LogP contribution in [-0.4, -0.2) is 28.6 Å². The molecule has 1 aromatic carbocycles. The lowest BCUT2D eigenvalue weighted by molar-refractivity contribution is -0.127. The quantitative estimate of drug-likeness (QED) is 0.863. The molecule has 0 bridgehead atoms. The van der Waals surface area contributed by atoms with Gasteiger partial charge in [0.15, 0.2) is 5.13 Å². The number of nitrogens with two attached hydrogens (primary N) is 1. The van der Waals surface area contributed by atoms with Gasteiger partial charge in [0.05, 0.1) is 16.2 Å². The number of anilines is 1. The van der Waals surface area contributed by atoms with E-state index in [0.29, 0.717) is 17.4 Å². The molecule has 106 valence electrons. The van der Waals surface area contributed by atoms with Gasteiger partial charge in [0.25, 0.3) is 0 Å². The fourth-order valence-corrected chi connectivity index (χ4v) is 3.34. The maximum absolute atomic E-state index is 12.1. The Morgan fingerprint density at radius 3 is 2.70 bits per heavy atom. The van der Waals surface area contributed by atoms with Crippen molar-refractivity contribution in [2.75, 3.05) is 18.5 Å². The summed E-state index contributed by atoms with van der Waals surface area (Å²) >= 11 is 2.88. The molecule has 20 heavy (non-hydrogen) atoms. The first-order valence-electron chi connectivity index (χ1n) is 6.18. The third kappa shape index (κ3) is 4.25. The molecule has 1 heterocycles. The summed E-state index contributed by atoms with van der Waals surface area (Å²) in [6.45, 7) is 2.68. The molecule has 0 saturated carbocycles. The van der Waals surface area contributed by atoms with Gasteiger partial charge in [0, 0.05) is 13.6 Å². The molecule has 1 aromatic heterocycles. The number of hydrogen-bond acceptors (Lipinski definition) is 5. The lowest BCUT2D eigenvalue weighted by Gasteiger charge is -2.17. The summed E-state index contributed by atoms with van der Waals surface area (Å²) in [7, 11) is 1.82. The van der Waals surface area contributed by atoms with Crippen molar-refractivity contribution in [1.82, 2.24) is 9.88 Å². The average molecular weight is 307 g/mol. The molecular weight excluding hydrogens is 290 g/mol. The van der Waals surface area contributed by atoms with Gasteiger partial charge in [0.1, 0.15) is 0 Å². The Bertz CT molecular complexity index is 580. The molecule has 0 spiro atoms. The van der Waals surface area contributed by atoms with Crippen LogP contribution in [0.25, 0.3) is 0 Å². The Kier molecular flexibility index (Phi) is 5.03. The number of thiazole rings is 1. The predicted octanol–water partition coefficient (Wildman–Crippen LogP) is 2.78. The third-order valence-electron chi connectivity index (χ3n) is 2.81. The zero-order valence-corrected chi connectivity index (χ0v) is 13.1. The zero-order chi connectivity index (χ0) is 14.5. The summed E-state index contributed by atoms with van der Waals surface area (Å²) in [4.78, 5) is 17.8. The number of aryl methyl sites for hydroxylation is 1. The van der Waals surface area contributed by atoms with Crippen LogP contribution in [0.15, 0.2) is 34.7 Å². The van der Waals surface area contributed by atoms with E-state index in [1.807, 2.05) is 7.05 Å². The highest BCUT2D eigenvalue weighted by Gasteiger charge is 2.11. The lowest BCUT2D eigenvalue weighted by Crippen LogP contribution is -2.27. The number of nitrogen functional groups attached to an aromatic ring is 1. The molecule has 0 saturated heterocycles. The van der Waals surface area contributed by atoms with Crippen LogP contribution in [0.2, 0.25) is 0 Å². The fourth-order valence-electron chi connectivity index (χ4n) is 1.64. The number of amides is 1. The van der Waals surface area contributed by atoms with Gasteiger partial charge in [-0.3, -0.25) is 4.79 Å². The molecular formula is C14H17N3OS2. The molecule has 2 N–H and O–H groups in total. The van der Waals surface area contributed by atoms with E-state index in [0.717, 1.165) is 9.77 Å². The van der Waals surface area contributed by atoms with E-state index >= 15 is 0 Å². The molecule has 1 amide bonds. The van der Waals surface area contributed by atoms with Gasteiger partial charge in [-0.25, -0.2) is 4.98 Å². The Morgan fingerprint density at radius 2 is 2.10 bits per heavy atom. The van der Waals surface area contributed by atoms with Gasteiger partial charge in [-0.1, -0.05) is 41.2 Å². The highest BCUT2D eigenvalue weighted by molar-refractivity contribution is 8.01. The van der Waals surface area contributed by atoms with E-state index in [1.165, 1.54) is 28.7 Å². The lowest BCUT2D eigenvalue weighted by atomic mass is 10.1. The van der Waals surface area contributed by atoms with Gasteiger partial charge in [0.2, 0.25) is 5.91 Å². The SMILES string of the molecule is Cc1ccc(CN(C)C(=O)CSc2cnc(N)s2)cc1. The molecule has 0 aliphatic rings. The number of carbonyl (C=O) groups is 1. The van der Waals surface area contributed by atoms with Crippen molar-refractivity contribution in [3.8, 4) is 0 Å². The van der Waals surface area contributed by atoms with Crippen LogP contribution < -0.4 is 5.73 Å². The summed E-state index contributed by atoms with van der Waals surface area (Å²) in [6, 6.07) is 8.22. The highest BCUT2D eigenvalue weighted by Crippen LogP contribution is 2.26. The number of benzene rings is 1. The van der Waals surface area contributed by atoms with Crippen molar-refractivity contribution in [2.24, 2.45) is 0 Å². The summed E-state index contributed by atoms with van der Waals surface area (Å²) in [5.41, 5.74) is 7.92. The minimum Gasteiger partial charge on any atom is -0.375 e. The second kappa shape index (κ2) is 6.76. The van der Waals surface area contributed by atoms with Crippen molar-refractivity contribution in [1.29, 1.82) is 0 Å². The van der Waals surface area contributed by atoms with Crippen LogP contribution in [0.4, 0.5) is 5.13 Å². The van der Waals surface area contributed by atoms with E-state index in [9.17, 15) is 4.79 Å². The summed E-state index contributed by atoms with van der Waals surface area (Å²) in [6.07, 6.45) is 1.71. The van der Waals surface area contributed by atoms with Gasteiger partial charge in [-0.15, -0.1) is 11.8 Å². The minimum absolute atomic E-state index is 0.0996. The van der Waals surface area contributed by atoms with E-state index in [-0.39, 0.29) is 5.91 Å². The monoisotopic (exact) mass is 307 g/mol. The first-order valence-corrected chi connectivity index (χ1v) is 7.98. The highest BCUT2D eigenvalue weighted by atomic mass is 32.2. The van der Waals surface area contributed by atoms with E-state index in [1.54, 1.807) is 11.1 Å². The summed E-state index contributed by atoms with van der Waals surface area (Å²) in [5, 5.41) is 0.535. The van der Waals surface area contributed by atoms with Crippen LogP contribution >= 0.6 is 23.1 Å². The van der Waals surface area contributed by atoms with Gasteiger partial charge in [-0.2, -0.15) is 0 Å². The minimum atomic E-state index is 0.0996. The normalized spacial score (nSPS) is 10.5. The standard InChI is InChI=1S/C14H17N3OS2/c1-10-3-5-11(6-4-10)8-17(2)12(18)9-19-13-7-16-14(15)20-13/h3-7H,8-9H2,1-2H3,(H2,15,16). The largest absolute Gasteiger partial charge is 0.375 e. The molecule has 0 unspecified atom stereocenters. The van der Waals surface area contributed by atoms with Crippen molar-refractivity contribution in [2.45, 2.75) is 17.7 Å². The van der Waals surface area contributed by atoms with E-state index in [4.69, 9.17) is 5.73 Å². The smallest absolute Gasteiger partial charge is 0.233 e. The van der Waals surface area contributed by atoms with Crippen molar-refractivity contribution in [3.63, 3.8) is 0 Å². The van der Waals surface area contributed by atoms with Crippen LogP contribution in [-0.2, 0) is 11.3 Å². The van der Waals surface area contributed by atoms with Crippen molar-refractivity contribution >= 4 is 34.1 Å². The van der Waals surface area contributed by atoms with Crippen molar-refractivity contribution in [3.05, 3.63) is 41.6 Å². The molecule has 4 nitrogen and oxygen atoms in total. The fraction of sp³-hybridized carbons (Fsp3) is 0.286. The Hall–Kier alpha value is -1.53. The topological polar surface area (TPSA) is 59.2 Å². The Balaban J connectivity index is 1.84. The van der Waals surface area contributed by atoms with E-state index in [2.05, 4.69) is 36.2 Å². The second-order valence-corrected chi connectivity index (χ2v) is 6.88. The molecule has 0 fully saturated rings. The maximum atomic E-state index is 12.1. The van der Waals surface area contributed by atoms with Crippen LogP contribution in [0.3, 0.4) is 0 Å². The molecule has 0 radical (unpaired) electrons. The molecule has 2 aromatic rings. The molecule has 0 aliphatic carbocycles. The van der Waals surface area contributed by atoms with Gasteiger partial charge in [-0.05, 0) is 12.5 Å². The first-order chi connectivity index (χ1) is 9.54. The summed E-state index contributed by atoms with van der Waals surface area (Å²) in [5.74, 6) is 0.506. The Morgan fingerprint density at radius 1 is 1.40 bits per heavy atom. The molecule has 0 aliphatic heterocycles. The number of aromatic nitrogens is 1. The van der Waals surface area contributed by atoms with Crippen molar-refractivity contribution < 1.29 is 4.79 Å². The first kappa shape index (κ1) is 14.9. The third-order valence-corrected chi connectivity index (χ3v) is 4.81. The van der Waals surface area contributed by atoms with Crippen LogP contribution in [0, 0.1) is 6.92 Å². The number of rotatable bonds is 5. The van der Waals surface area contributed by atoms with Gasteiger partial charge >= 0.3 is 0 Å². The van der Waals surface area contributed by atoms with E-state index < -0.39 is 0 Å². The number of nitrogens with zero attached hydrogens (tertiary/aromatic N) is 2. The average Bonchev–Trinajstić information content (AvgIpc) is 2.84. The van der Waals surface area contributed by atoms with Crippen LogP contribution in [0.5, 0.6) is 0 Å². The molecule has 0 atom stereocenters. The molecule has 6 heteroatoms. The summed E-state index contributed by atoms with van der Waals surface area (Å²) < 4.78 is 0.972. The zero-order valence-electron chi connectivity index (χ0n) is 11.5. The second-order valence-electron chi connectivity index (χ2n) is 4.54. The maximum Gasteiger partial charge on any atom is 0.233 e. The number of thioether (sulfide) groups is 1.